The molecule has 1 amide bonds. The molecule has 39 heavy (non-hydrogen) atoms. The highest BCUT2D eigenvalue weighted by Gasteiger charge is 2.47. The number of amides is 1. The summed E-state index contributed by atoms with van der Waals surface area (Å²) in [7, 11) is 1.36. The summed E-state index contributed by atoms with van der Waals surface area (Å²) in [6, 6.07) is 5.09. The van der Waals surface area contributed by atoms with Crippen LogP contribution in [0.1, 0.15) is 17.6 Å². The van der Waals surface area contributed by atoms with Crippen molar-refractivity contribution in [3.8, 4) is 11.4 Å². The lowest BCUT2D eigenvalue weighted by Gasteiger charge is -2.17. The second-order valence-corrected chi connectivity index (χ2v) is 8.96. The van der Waals surface area contributed by atoms with Gasteiger partial charge in [0.15, 0.2) is 35.1 Å². The van der Waals surface area contributed by atoms with Crippen LogP contribution in [0.3, 0.4) is 0 Å². The Labute approximate surface area is 222 Å². The van der Waals surface area contributed by atoms with E-state index >= 15 is 0 Å². The highest BCUT2D eigenvalue weighted by molar-refractivity contribution is 6.30. The lowest BCUT2D eigenvalue weighted by Crippen LogP contribution is -2.41. The molecule has 4 unspecified atom stereocenters. The van der Waals surface area contributed by atoms with E-state index in [2.05, 4.69) is 35.6 Å². The van der Waals surface area contributed by atoms with Gasteiger partial charge in [-0.15, -0.1) is 0 Å². The third-order valence-electron chi connectivity index (χ3n) is 5.94. The number of imidazole rings is 1. The molecule has 0 saturated carbocycles. The van der Waals surface area contributed by atoms with Crippen LogP contribution in [0, 0.1) is 0 Å². The van der Waals surface area contributed by atoms with E-state index in [-0.39, 0.29) is 35.0 Å². The molecule has 204 valence electrons. The number of fused-ring (bicyclic) bond motifs is 1. The number of likely N-dealkylation sites (N-methyl/N-ethyl adjacent to an activating group) is 1. The SMILES string of the molecule is CNC(=O)C1OC(n2cnc3c(NCc4cccc(C(F)(F)F)n4)nc(-c4cncc(Cl)c4)nc32)C(O)C1O. The predicted molar refractivity (Wildman–Crippen MR) is 130 cm³/mol. The van der Waals surface area contributed by atoms with Crippen LogP contribution in [0.4, 0.5) is 19.0 Å². The summed E-state index contributed by atoms with van der Waals surface area (Å²) in [5.41, 5.74) is -0.231. The molecule has 1 fully saturated rings. The number of hydrogen-bond donors (Lipinski definition) is 4. The standard InChI is InChI=1S/C23H20ClF3N8O4/c1-28-21(38)17-15(36)16(37)22(39-17)35-9-31-14-19(30-8-12-3-2-4-13(32-12)23(25,26)27)33-18(34-20(14)35)10-5-11(24)7-29-6-10/h2-7,9,15-17,22,36-37H,8H2,1H3,(H,28,38)(H,30,33,34). The number of aliphatic hydroxyl groups excluding tert-OH is 2. The third-order valence-corrected chi connectivity index (χ3v) is 6.14. The van der Waals surface area contributed by atoms with Gasteiger partial charge in [-0.2, -0.15) is 13.2 Å². The molecular formula is C23H20ClF3N8O4. The Hall–Kier alpha value is -3.92. The third kappa shape index (κ3) is 5.21. The monoisotopic (exact) mass is 564 g/mol. The number of alkyl halides is 3. The summed E-state index contributed by atoms with van der Waals surface area (Å²) in [6.07, 6.45) is -6.10. The van der Waals surface area contributed by atoms with Crippen molar-refractivity contribution in [2.45, 2.75) is 37.3 Å². The molecule has 1 aliphatic heterocycles. The number of aliphatic hydroxyl groups is 2. The molecule has 5 heterocycles. The Kier molecular flexibility index (Phi) is 7.07. The van der Waals surface area contributed by atoms with Crippen LogP contribution in [-0.2, 0) is 22.3 Å². The zero-order valence-electron chi connectivity index (χ0n) is 20.0. The molecule has 4 aromatic heterocycles. The van der Waals surface area contributed by atoms with Crippen LogP contribution < -0.4 is 10.6 Å². The van der Waals surface area contributed by atoms with Gasteiger partial charge in [0, 0.05) is 25.0 Å². The number of ether oxygens (including phenoxy) is 1. The highest BCUT2D eigenvalue weighted by Crippen LogP contribution is 2.34. The minimum absolute atomic E-state index is 0.0908. The predicted octanol–water partition coefficient (Wildman–Crippen LogP) is 1.93. The van der Waals surface area contributed by atoms with Crippen molar-refractivity contribution in [1.82, 2.24) is 34.8 Å². The number of anilines is 1. The van der Waals surface area contributed by atoms with E-state index in [9.17, 15) is 28.2 Å². The van der Waals surface area contributed by atoms with E-state index in [0.29, 0.717) is 10.6 Å². The number of nitrogens with one attached hydrogen (secondary N) is 2. The molecule has 4 N–H and O–H groups in total. The van der Waals surface area contributed by atoms with Crippen molar-refractivity contribution in [3.63, 3.8) is 0 Å². The molecular weight excluding hydrogens is 545 g/mol. The normalized spacial score (nSPS) is 21.3. The lowest BCUT2D eigenvalue weighted by atomic mass is 10.1. The Bertz CT molecular complexity index is 1540. The second kappa shape index (κ2) is 10.3. The Morgan fingerprint density at radius 3 is 2.69 bits per heavy atom. The van der Waals surface area contributed by atoms with E-state index in [1.807, 2.05) is 0 Å². The van der Waals surface area contributed by atoms with Crippen molar-refractivity contribution < 1.29 is 32.9 Å². The molecule has 12 nitrogen and oxygen atoms in total. The lowest BCUT2D eigenvalue weighted by molar-refractivity contribution is -0.141. The molecule has 16 heteroatoms. The maximum atomic E-state index is 13.1. The molecule has 0 aromatic carbocycles. The van der Waals surface area contributed by atoms with Gasteiger partial charge in [-0.05, 0) is 18.2 Å². The smallest absolute Gasteiger partial charge is 0.387 e. The average Bonchev–Trinajstić information content (AvgIpc) is 3.47. The van der Waals surface area contributed by atoms with E-state index in [1.165, 1.54) is 42.5 Å². The zero-order chi connectivity index (χ0) is 27.9. The summed E-state index contributed by atoms with van der Waals surface area (Å²) >= 11 is 6.08. The number of nitrogens with zero attached hydrogens (tertiary/aromatic N) is 6. The fourth-order valence-electron chi connectivity index (χ4n) is 4.05. The van der Waals surface area contributed by atoms with E-state index < -0.39 is 42.3 Å². The highest BCUT2D eigenvalue weighted by atomic mass is 35.5. The number of pyridine rings is 2. The summed E-state index contributed by atoms with van der Waals surface area (Å²) in [5.74, 6) is -0.386. The molecule has 0 aliphatic carbocycles. The molecule has 4 aromatic rings. The van der Waals surface area contributed by atoms with Gasteiger partial charge in [-0.1, -0.05) is 17.7 Å². The fourth-order valence-corrected chi connectivity index (χ4v) is 4.22. The van der Waals surface area contributed by atoms with Crippen molar-refractivity contribution in [2.75, 3.05) is 12.4 Å². The number of carbonyl (C=O) groups is 1. The number of rotatable bonds is 6. The van der Waals surface area contributed by atoms with Crippen LogP contribution in [-0.4, -0.2) is 71.0 Å². The number of halogens is 4. The van der Waals surface area contributed by atoms with Gasteiger partial charge in [0.2, 0.25) is 0 Å². The van der Waals surface area contributed by atoms with Crippen molar-refractivity contribution in [1.29, 1.82) is 0 Å². The summed E-state index contributed by atoms with van der Waals surface area (Å²) in [5, 5.41) is 26.6. The second-order valence-electron chi connectivity index (χ2n) is 8.52. The molecule has 0 radical (unpaired) electrons. The fraction of sp³-hybridized carbons (Fsp3) is 0.304. The maximum Gasteiger partial charge on any atom is 0.433 e. The van der Waals surface area contributed by atoms with E-state index in [1.54, 1.807) is 6.07 Å². The Morgan fingerprint density at radius 2 is 1.97 bits per heavy atom. The summed E-state index contributed by atoms with van der Waals surface area (Å²) in [4.78, 5) is 33.1. The molecule has 0 bridgehead atoms. The van der Waals surface area contributed by atoms with Gasteiger partial charge in [-0.3, -0.25) is 14.3 Å². The number of hydrogen-bond acceptors (Lipinski definition) is 10. The first-order chi connectivity index (χ1) is 18.6. The quantitative estimate of drug-likeness (QED) is 0.272. The number of aromatic nitrogens is 6. The van der Waals surface area contributed by atoms with Crippen molar-refractivity contribution in [3.05, 3.63) is 59.4 Å². The van der Waals surface area contributed by atoms with E-state index in [4.69, 9.17) is 16.3 Å². The molecule has 4 atom stereocenters. The largest absolute Gasteiger partial charge is 0.433 e. The van der Waals surface area contributed by atoms with Crippen molar-refractivity contribution >= 4 is 34.5 Å². The van der Waals surface area contributed by atoms with Crippen LogP contribution in [0.2, 0.25) is 5.02 Å². The molecule has 1 saturated heterocycles. The Morgan fingerprint density at radius 1 is 1.18 bits per heavy atom. The molecule has 5 rings (SSSR count). The molecule has 0 spiro atoms. The minimum Gasteiger partial charge on any atom is -0.387 e. The van der Waals surface area contributed by atoms with Crippen LogP contribution in [0.5, 0.6) is 0 Å². The summed E-state index contributed by atoms with van der Waals surface area (Å²) < 4.78 is 46.3. The van der Waals surface area contributed by atoms with Gasteiger partial charge in [-0.25, -0.2) is 19.9 Å². The topological polar surface area (TPSA) is 160 Å². The van der Waals surface area contributed by atoms with Crippen molar-refractivity contribution in [2.24, 2.45) is 0 Å². The zero-order valence-corrected chi connectivity index (χ0v) is 20.7. The minimum atomic E-state index is -4.61. The Balaban J connectivity index is 1.56. The molecule has 1 aliphatic rings. The van der Waals surface area contributed by atoms with Crippen LogP contribution in [0.15, 0.2) is 43.0 Å². The average molecular weight is 565 g/mol. The first kappa shape index (κ1) is 26.7. The van der Waals surface area contributed by atoms with E-state index in [0.717, 1.165) is 6.07 Å². The first-order valence-electron chi connectivity index (χ1n) is 11.4. The van der Waals surface area contributed by atoms with Gasteiger partial charge < -0.3 is 25.6 Å². The maximum absolute atomic E-state index is 13.1. The van der Waals surface area contributed by atoms with Crippen LogP contribution >= 0.6 is 11.6 Å². The first-order valence-corrected chi connectivity index (χ1v) is 11.8. The van der Waals surface area contributed by atoms with Gasteiger partial charge in [0.25, 0.3) is 5.91 Å². The summed E-state index contributed by atoms with van der Waals surface area (Å²) in [6.45, 7) is -0.143. The number of carbonyl (C=O) groups excluding carboxylic acids is 1. The van der Waals surface area contributed by atoms with Gasteiger partial charge in [0.1, 0.15) is 17.9 Å². The van der Waals surface area contributed by atoms with Gasteiger partial charge >= 0.3 is 6.18 Å². The van der Waals surface area contributed by atoms with Gasteiger partial charge in [0.05, 0.1) is 23.6 Å². The van der Waals surface area contributed by atoms with Crippen LogP contribution in [0.25, 0.3) is 22.6 Å².